The van der Waals surface area contributed by atoms with Crippen LogP contribution in [0.1, 0.15) is 13.3 Å². The molecule has 0 aromatic heterocycles. The Balaban J connectivity index is 2.16. The fourth-order valence-corrected chi connectivity index (χ4v) is 3.62. The minimum absolute atomic E-state index is 0.00745. The number of guanidine groups is 1. The van der Waals surface area contributed by atoms with Gasteiger partial charge in [0.2, 0.25) is 0 Å². The van der Waals surface area contributed by atoms with Crippen LogP contribution in [0.3, 0.4) is 0 Å². The molecule has 2 fully saturated rings. The van der Waals surface area contributed by atoms with E-state index in [-0.39, 0.29) is 12.4 Å². The first-order chi connectivity index (χ1) is 9.20. The lowest BCUT2D eigenvalue weighted by molar-refractivity contribution is -0.585. The molecule has 2 aliphatic heterocycles. The van der Waals surface area contributed by atoms with E-state index in [0.717, 1.165) is 0 Å². The van der Waals surface area contributed by atoms with E-state index >= 15 is 0 Å². The molecule has 9 nitrogen and oxygen atoms in total. The third-order valence-electron chi connectivity index (χ3n) is 4.59. The molecule has 1 saturated carbocycles. The average Bonchev–Trinajstić information content (AvgIpc) is 2.33. The quantitative estimate of drug-likeness (QED) is 0.217. The Morgan fingerprint density at radius 3 is 2.75 bits per heavy atom. The lowest BCUT2D eigenvalue weighted by Gasteiger charge is -2.58. The van der Waals surface area contributed by atoms with Crippen molar-refractivity contribution in [1.29, 1.82) is 0 Å². The van der Waals surface area contributed by atoms with Crippen molar-refractivity contribution >= 4 is 11.9 Å². The number of hydrogen-bond acceptors (Lipinski definition) is 8. The molecular weight excluding hydrogens is 270 g/mol. The van der Waals surface area contributed by atoms with E-state index in [1.54, 1.807) is 0 Å². The van der Waals surface area contributed by atoms with E-state index in [0.29, 0.717) is 0 Å². The molecule has 1 spiro atoms. The van der Waals surface area contributed by atoms with Gasteiger partial charge < -0.3 is 25.2 Å². The summed E-state index contributed by atoms with van der Waals surface area (Å²) in [7, 11) is 0. The molecular formula is C11H18N3O6+. The zero-order valence-corrected chi connectivity index (χ0v) is 10.8. The highest BCUT2D eigenvalue weighted by Crippen LogP contribution is 2.47. The van der Waals surface area contributed by atoms with Crippen LogP contribution in [0.2, 0.25) is 0 Å². The molecule has 1 aliphatic carbocycles. The maximum absolute atomic E-state index is 11.8. The van der Waals surface area contributed by atoms with Crippen LogP contribution in [0.5, 0.6) is 0 Å². The van der Waals surface area contributed by atoms with Crippen LogP contribution in [0, 0.1) is 5.92 Å². The summed E-state index contributed by atoms with van der Waals surface area (Å²) in [6.45, 7) is 1.41. The van der Waals surface area contributed by atoms with Gasteiger partial charge in [-0.05, 0) is 13.3 Å². The Labute approximate surface area is 114 Å². The van der Waals surface area contributed by atoms with Gasteiger partial charge in [0, 0.05) is 0 Å². The molecule has 0 amide bonds. The predicted molar refractivity (Wildman–Crippen MR) is 62.7 cm³/mol. The van der Waals surface area contributed by atoms with Gasteiger partial charge in [0.15, 0.2) is 24.0 Å². The number of nitrogens with two attached hydrogens (primary N) is 1. The van der Waals surface area contributed by atoms with Crippen LogP contribution >= 0.6 is 0 Å². The van der Waals surface area contributed by atoms with Crippen LogP contribution in [0.4, 0.5) is 0 Å². The Morgan fingerprint density at radius 1 is 1.45 bits per heavy atom. The summed E-state index contributed by atoms with van der Waals surface area (Å²) in [6.07, 6.45) is -5.54. The van der Waals surface area contributed by atoms with E-state index < -0.39 is 47.6 Å². The average molecular weight is 288 g/mol. The molecule has 0 aromatic carbocycles. The number of hydrogen-bond donors (Lipinski definition) is 7. The SMILES string of the molecule is C[C@]1(O)CC2C(O)[NH+]=C(N)N[C@@]23C(O)C1OC(=O)[C@H]3O. The summed E-state index contributed by atoms with van der Waals surface area (Å²) >= 11 is 0. The number of esters is 1. The van der Waals surface area contributed by atoms with Crippen molar-refractivity contribution in [2.45, 2.75) is 49.0 Å². The van der Waals surface area contributed by atoms with Gasteiger partial charge in [-0.15, -0.1) is 0 Å². The van der Waals surface area contributed by atoms with E-state index in [9.17, 15) is 25.2 Å². The molecule has 3 rings (SSSR count). The second-order valence-electron chi connectivity index (χ2n) is 5.93. The van der Waals surface area contributed by atoms with Crippen molar-refractivity contribution in [2.24, 2.45) is 11.7 Å². The summed E-state index contributed by atoms with van der Waals surface area (Å²) in [6, 6.07) is 0. The first-order valence-electron chi connectivity index (χ1n) is 6.34. The van der Waals surface area contributed by atoms with E-state index in [1.165, 1.54) is 6.92 Å². The van der Waals surface area contributed by atoms with Gasteiger partial charge in [0.1, 0.15) is 11.7 Å². The first-order valence-corrected chi connectivity index (χ1v) is 6.34. The van der Waals surface area contributed by atoms with Crippen molar-refractivity contribution < 1.29 is 34.9 Å². The summed E-state index contributed by atoms with van der Waals surface area (Å²) in [5.74, 6) is -1.87. The lowest BCUT2D eigenvalue weighted by Crippen LogP contribution is -2.98. The second-order valence-corrected chi connectivity index (χ2v) is 5.93. The summed E-state index contributed by atoms with van der Waals surface area (Å²) in [4.78, 5) is 14.3. The van der Waals surface area contributed by atoms with Crippen LogP contribution in [-0.4, -0.2) is 68.0 Å². The summed E-state index contributed by atoms with van der Waals surface area (Å²) in [5, 5.41) is 43.8. The number of carbonyl (C=O) groups is 1. The predicted octanol–water partition coefficient (Wildman–Crippen LogP) is -5.54. The number of aliphatic hydroxyl groups is 4. The topological polar surface area (TPSA) is 159 Å². The highest BCUT2D eigenvalue weighted by molar-refractivity contribution is 5.82. The Morgan fingerprint density at radius 2 is 2.10 bits per heavy atom. The maximum Gasteiger partial charge on any atom is 0.343 e. The van der Waals surface area contributed by atoms with Gasteiger partial charge in [0.25, 0.3) is 0 Å². The number of carbonyl (C=O) groups excluding carboxylic acids is 1. The van der Waals surface area contributed by atoms with Gasteiger partial charge in [-0.1, -0.05) is 0 Å². The Kier molecular flexibility index (Phi) is 2.59. The van der Waals surface area contributed by atoms with E-state index in [1.807, 2.05) is 0 Å². The molecule has 1 saturated heterocycles. The molecule has 9 heteroatoms. The minimum Gasteiger partial charge on any atom is -0.454 e. The Hall–Kier alpha value is -1.42. The smallest absolute Gasteiger partial charge is 0.343 e. The van der Waals surface area contributed by atoms with E-state index in [4.69, 9.17) is 10.5 Å². The maximum atomic E-state index is 11.8. The molecule has 20 heavy (non-hydrogen) atoms. The molecule has 0 aromatic rings. The van der Waals surface area contributed by atoms with E-state index in [2.05, 4.69) is 10.3 Å². The number of rotatable bonds is 0. The number of ether oxygens (including phenoxy) is 1. The normalized spacial score (nSPS) is 54.4. The van der Waals surface area contributed by atoms with Crippen molar-refractivity contribution in [3.05, 3.63) is 0 Å². The highest BCUT2D eigenvalue weighted by Gasteiger charge is 2.72. The fourth-order valence-electron chi connectivity index (χ4n) is 3.62. The largest absolute Gasteiger partial charge is 0.454 e. The molecule has 2 bridgehead atoms. The summed E-state index contributed by atoms with van der Waals surface area (Å²) in [5.41, 5.74) is 2.48. The third-order valence-corrected chi connectivity index (χ3v) is 4.59. The van der Waals surface area contributed by atoms with Gasteiger partial charge in [0.05, 0.1) is 5.92 Å². The molecule has 4 unspecified atom stereocenters. The first kappa shape index (κ1) is 13.6. The van der Waals surface area contributed by atoms with Crippen LogP contribution in [-0.2, 0) is 9.53 Å². The molecule has 8 N–H and O–H groups in total. The van der Waals surface area contributed by atoms with Gasteiger partial charge in [-0.2, -0.15) is 0 Å². The standard InChI is InChI=1S/C11H17N3O6/c1-10(19)2-3-7(17)13-9(12)14-11(3)4(15)6(10)20-8(18)5(11)16/h3-7,15-17,19H,2H2,1H3,(H3,12,13,14)/p+1/t3?,4?,5-,6?,7?,10+,11-/m1/s1. The lowest BCUT2D eigenvalue weighted by atomic mass is 9.59. The van der Waals surface area contributed by atoms with Crippen molar-refractivity contribution in [3.8, 4) is 0 Å². The molecule has 0 radical (unpaired) electrons. The van der Waals surface area contributed by atoms with Crippen molar-refractivity contribution in [1.82, 2.24) is 5.32 Å². The number of fused-ring (bicyclic) bond motifs is 1. The van der Waals surface area contributed by atoms with Crippen LogP contribution < -0.4 is 16.0 Å². The fraction of sp³-hybridized carbons (Fsp3) is 0.818. The molecule has 2 heterocycles. The highest BCUT2D eigenvalue weighted by atomic mass is 16.6. The zero-order valence-electron chi connectivity index (χ0n) is 10.8. The summed E-state index contributed by atoms with van der Waals surface area (Å²) < 4.78 is 4.93. The van der Waals surface area contributed by atoms with Gasteiger partial charge in [-0.25, -0.2) is 4.79 Å². The zero-order chi connectivity index (χ0) is 14.9. The monoisotopic (exact) mass is 288 g/mol. The van der Waals surface area contributed by atoms with Crippen molar-refractivity contribution in [2.75, 3.05) is 0 Å². The van der Waals surface area contributed by atoms with Crippen molar-refractivity contribution in [3.63, 3.8) is 0 Å². The van der Waals surface area contributed by atoms with Crippen LogP contribution in [0.15, 0.2) is 0 Å². The number of aliphatic hydroxyl groups excluding tert-OH is 3. The molecule has 112 valence electrons. The van der Waals surface area contributed by atoms with Gasteiger partial charge >= 0.3 is 11.9 Å². The number of nitrogens with one attached hydrogen (secondary N) is 2. The van der Waals surface area contributed by atoms with Crippen LogP contribution in [0.25, 0.3) is 0 Å². The Bertz CT molecular complexity index is 495. The minimum atomic E-state index is -1.70. The van der Waals surface area contributed by atoms with Gasteiger partial charge in [-0.3, -0.25) is 16.0 Å². The molecule has 3 aliphatic rings. The second kappa shape index (κ2) is 3.82. The third kappa shape index (κ3) is 1.46. The molecule has 7 atom stereocenters.